The molecule has 2 rings (SSSR count). The van der Waals surface area contributed by atoms with E-state index in [9.17, 15) is 33.4 Å². The monoisotopic (exact) mass is 316 g/mol. The lowest BCUT2D eigenvalue weighted by atomic mass is 10.1. The summed E-state index contributed by atoms with van der Waals surface area (Å²) >= 11 is 0. The van der Waals surface area contributed by atoms with Crippen LogP contribution in [0.3, 0.4) is 0 Å². The molecule has 0 amide bonds. The Morgan fingerprint density at radius 2 is 1.64 bits per heavy atom. The third kappa shape index (κ3) is 2.77. The number of alkyl halides is 3. The minimum Gasteiger partial charge on any atom is -0.258 e. The summed E-state index contributed by atoms with van der Waals surface area (Å²) < 4.78 is 38.5. The van der Waals surface area contributed by atoms with Gasteiger partial charge in [-0.15, -0.1) is 10.2 Å². The summed E-state index contributed by atoms with van der Waals surface area (Å²) in [4.78, 5) is 19.6. The topological polar surface area (TPSA) is 138 Å². The Labute approximate surface area is 117 Å². The van der Waals surface area contributed by atoms with E-state index in [1.165, 1.54) is 0 Å². The van der Waals surface area contributed by atoms with E-state index in [2.05, 4.69) is 20.6 Å². The van der Waals surface area contributed by atoms with E-state index in [0.29, 0.717) is 6.07 Å². The minimum absolute atomic E-state index is 0.525. The number of hydrogen-bond acceptors (Lipinski definition) is 8. The summed E-state index contributed by atoms with van der Waals surface area (Å²) in [7, 11) is 0. The quantitative estimate of drug-likeness (QED) is 0.616. The molecule has 10 nitrogen and oxygen atoms in total. The molecule has 114 valence electrons. The second kappa shape index (κ2) is 5.27. The highest BCUT2D eigenvalue weighted by molar-refractivity contribution is 5.74. The largest absolute Gasteiger partial charge is 0.437 e. The zero-order valence-electron chi connectivity index (χ0n) is 10.2. The number of nitrogens with zero attached hydrogens (tertiary/aromatic N) is 6. The van der Waals surface area contributed by atoms with Crippen molar-refractivity contribution < 1.29 is 23.0 Å². The van der Waals surface area contributed by atoms with Crippen LogP contribution < -0.4 is 0 Å². The van der Waals surface area contributed by atoms with E-state index in [1.807, 2.05) is 0 Å². The maximum absolute atomic E-state index is 12.8. The van der Waals surface area contributed by atoms with Gasteiger partial charge < -0.3 is 0 Å². The van der Waals surface area contributed by atoms with Crippen LogP contribution in [0.15, 0.2) is 18.2 Å². The third-order valence-corrected chi connectivity index (χ3v) is 2.47. The lowest BCUT2D eigenvalue weighted by molar-refractivity contribution is -0.393. The number of halogens is 3. The number of nitro groups is 2. The summed E-state index contributed by atoms with van der Waals surface area (Å²) in [5, 5.41) is 33.1. The summed E-state index contributed by atoms with van der Waals surface area (Å²) in [6, 6.07) is 2.11. The van der Waals surface area contributed by atoms with Crippen LogP contribution in [-0.2, 0) is 6.18 Å². The molecule has 1 aromatic heterocycles. The van der Waals surface area contributed by atoms with Gasteiger partial charge in [0.25, 0.3) is 11.4 Å². The highest BCUT2D eigenvalue weighted by Gasteiger charge is 2.39. The molecule has 22 heavy (non-hydrogen) atoms. The van der Waals surface area contributed by atoms with Crippen molar-refractivity contribution in [2.24, 2.45) is 0 Å². The second-order valence-electron chi connectivity index (χ2n) is 3.79. The van der Waals surface area contributed by atoms with Crippen molar-refractivity contribution in [2.45, 2.75) is 6.18 Å². The molecule has 0 radical (unpaired) electrons. The molecular weight excluding hydrogens is 313 g/mol. The molecule has 0 unspecified atom stereocenters. The van der Waals surface area contributed by atoms with Crippen LogP contribution in [0.4, 0.5) is 24.5 Å². The molecule has 0 fully saturated rings. The Kier molecular flexibility index (Phi) is 3.63. The number of non-ortho nitro benzene ring substituents is 1. The molecule has 0 saturated heterocycles. The first kappa shape index (κ1) is 15.1. The molecule has 1 heterocycles. The highest BCUT2D eigenvalue weighted by atomic mass is 19.4. The van der Waals surface area contributed by atoms with Crippen LogP contribution >= 0.6 is 0 Å². The van der Waals surface area contributed by atoms with Gasteiger partial charge in [-0.1, -0.05) is 0 Å². The van der Waals surface area contributed by atoms with Gasteiger partial charge in [-0.2, -0.15) is 13.2 Å². The summed E-state index contributed by atoms with van der Waals surface area (Å²) in [5.41, 5.74) is -4.71. The number of hydrogen-bond donors (Lipinski definition) is 0. The normalized spacial score (nSPS) is 11.2. The average Bonchev–Trinajstić information content (AvgIpc) is 2.45. The average molecular weight is 316 g/mol. The summed E-state index contributed by atoms with van der Waals surface area (Å²) in [6.07, 6.45) is -4.98. The van der Waals surface area contributed by atoms with Crippen molar-refractivity contribution in [3.8, 4) is 11.3 Å². The predicted molar refractivity (Wildman–Crippen MR) is 61.4 cm³/mol. The summed E-state index contributed by atoms with van der Waals surface area (Å²) in [6.45, 7) is 0. The molecule has 2 aromatic rings. The first-order valence-corrected chi connectivity index (χ1v) is 5.28. The van der Waals surface area contributed by atoms with Crippen molar-refractivity contribution in [1.82, 2.24) is 20.6 Å². The molecule has 0 aliphatic heterocycles. The van der Waals surface area contributed by atoms with E-state index >= 15 is 0 Å². The van der Waals surface area contributed by atoms with Crippen LogP contribution in [0, 0.1) is 20.2 Å². The minimum atomic E-state index is -4.98. The SMILES string of the molecule is O=[N+]([O-])c1ccc(-c2nnnnc2C(F)(F)F)c([N+](=O)[O-])c1. The lowest BCUT2D eigenvalue weighted by Gasteiger charge is -2.08. The Balaban J connectivity index is 2.73. The third-order valence-electron chi connectivity index (χ3n) is 2.47. The maximum atomic E-state index is 12.8. The molecule has 0 aliphatic carbocycles. The van der Waals surface area contributed by atoms with E-state index in [4.69, 9.17) is 0 Å². The van der Waals surface area contributed by atoms with Crippen LogP contribution in [0.1, 0.15) is 5.69 Å². The van der Waals surface area contributed by atoms with Crippen molar-refractivity contribution in [3.05, 3.63) is 44.1 Å². The van der Waals surface area contributed by atoms with Crippen molar-refractivity contribution in [1.29, 1.82) is 0 Å². The zero-order valence-corrected chi connectivity index (χ0v) is 10.2. The standard InChI is InChI=1S/C9H3F3N6O4/c10-9(11,12)8-7(13-15-16-14-8)5-2-1-4(17(19)20)3-6(5)18(21)22/h1-3H. The van der Waals surface area contributed by atoms with E-state index in [-0.39, 0.29) is 0 Å². The van der Waals surface area contributed by atoms with Gasteiger partial charge in [-0.3, -0.25) is 20.2 Å². The first-order valence-electron chi connectivity index (χ1n) is 5.28. The van der Waals surface area contributed by atoms with Gasteiger partial charge in [-0.25, -0.2) is 0 Å². The first-order chi connectivity index (χ1) is 10.2. The van der Waals surface area contributed by atoms with Crippen LogP contribution in [-0.4, -0.2) is 30.5 Å². The molecule has 0 saturated carbocycles. The van der Waals surface area contributed by atoms with Gasteiger partial charge in [0.05, 0.1) is 21.5 Å². The highest BCUT2D eigenvalue weighted by Crippen LogP contribution is 2.38. The van der Waals surface area contributed by atoms with Crippen molar-refractivity contribution >= 4 is 11.4 Å². The fraction of sp³-hybridized carbons (Fsp3) is 0.111. The maximum Gasteiger partial charge on any atom is 0.437 e. The number of rotatable bonds is 3. The lowest BCUT2D eigenvalue weighted by Crippen LogP contribution is -2.14. The van der Waals surface area contributed by atoms with Crippen LogP contribution in [0.5, 0.6) is 0 Å². The fourth-order valence-corrected chi connectivity index (χ4v) is 1.58. The Morgan fingerprint density at radius 3 is 2.18 bits per heavy atom. The Bertz CT molecular complexity index is 765. The van der Waals surface area contributed by atoms with Crippen molar-refractivity contribution in [3.63, 3.8) is 0 Å². The fourth-order valence-electron chi connectivity index (χ4n) is 1.58. The van der Waals surface area contributed by atoms with Gasteiger partial charge in [0.1, 0.15) is 5.69 Å². The molecule has 1 aromatic carbocycles. The van der Waals surface area contributed by atoms with Gasteiger partial charge in [0.2, 0.25) is 0 Å². The molecular formula is C9H3F3N6O4. The van der Waals surface area contributed by atoms with Gasteiger partial charge in [-0.05, 0) is 16.5 Å². The van der Waals surface area contributed by atoms with Gasteiger partial charge >= 0.3 is 6.18 Å². The molecule has 0 bridgehead atoms. The van der Waals surface area contributed by atoms with E-state index in [0.717, 1.165) is 12.1 Å². The second-order valence-corrected chi connectivity index (χ2v) is 3.79. The van der Waals surface area contributed by atoms with Gasteiger partial charge in [0.15, 0.2) is 5.69 Å². The molecule has 13 heteroatoms. The molecule has 0 N–H and O–H groups in total. The number of nitro benzene ring substituents is 2. The van der Waals surface area contributed by atoms with Crippen LogP contribution in [0.2, 0.25) is 0 Å². The van der Waals surface area contributed by atoms with E-state index < -0.39 is 44.3 Å². The Hall–Kier alpha value is -3.25. The molecule has 0 spiro atoms. The smallest absolute Gasteiger partial charge is 0.258 e. The predicted octanol–water partition coefficient (Wildman–Crippen LogP) is 1.77. The molecule has 0 aliphatic rings. The zero-order chi connectivity index (χ0) is 16.5. The number of benzene rings is 1. The molecule has 0 atom stereocenters. The number of aromatic nitrogens is 4. The van der Waals surface area contributed by atoms with Crippen LogP contribution in [0.25, 0.3) is 11.3 Å². The van der Waals surface area contributed by atoms with E-state index in [1.54, 1.807) is 0 Å². The Morgan fingerprint density at radius 1 is 1.00 bits per heavy atom. The van der Waals surface area contributed by atoms with Crippen molar-refractivity contribution in [2.75, 3.05) is 0 Å². The summed E-state index contributed by atoms with van der Waals surface area (Å²) in [5.74, 6) is 0. The van der Waals surface area contributed by atoms with Gasteiger partial charge in [0, 0.05) is 6.07 Å².